The van der Waals surface area contributed by atoms with Crippen LogP contribution in [0.5, 0.6) is 0 Å². The SMILES string of the molecule is c1ccc([Si](c2ccccc2)(c2ccccc2)c2cccc3c2Cc2ccc4c(c2-3)C([n+]2ccccc2)c2ccccc2-4)cc1. The lowest BCUT2D eigenvalue weighted by Crippen LogP contribution is -2.75. The summed E-state index contributed by atoms with van der Waals surface area (Å²) in [5.41, 5.74) is 11.3. The number of pyridine rings is 1. The molecule has 0 fully saturated rings. The van der Waals surface area contributed by atoms with E-state index in [0.29, 0.717) is 0 Å². The molecular weight excluding hydrogens is 559 g/mol. The molecule has 1 heterocycles. The summed E-state index contributed by atoms with van der Waals surface area (Å²) in [7, 11) is -2.67. The number of hydrogen-bond donors (Lipinski definition) is 0. The van der Waals surface area contributed by atoms with Crippen molar-refractivity contribution in [3.8, 4) is 22.3 Å². The van der Waals surface area contributed by atoms with Crippen LogP contribution in [0.4, 0.5) is 0 Å². The highest BCUT2D eigenvalue weighted by Gasteiger charge is 2.46. The fraction of sp³-hybridized carbons (Fsp3) is 0.0465. The molecule has 9 rings (SSSR count). The van der Waals surface area contributed by atoms with Crippen molar-refractivity contribution >= 4 is 28.8 Å². The van der Waals surface area contributed by atoms with Crippen LogP contribution < -0.4 is 25.3 Å². The van der Waals surface area contributed by atoms with Crippen LogP contribution in [-0.4, -0.2) is 8.07 Å². The maximum Gasteiger partial charge on any atom is 0.210 e. The Labute approximate surface area is 265 Å². The van der Waals surface area contributed by atoms with Crippen LogP contribution in [0.2, 0.25) is 0 Å². The maximum atomic E-state index is 2.45. The standard InChI is InChI=1S/C43H32NSi/c1-5-16-32(17-6-1)45(33-18-7-2-8-19-33,34-20-9-3-10-21-34)40-25-15-24-36-39(40)30-31-26-27-37-35-22-11-12-23-38(35)43(42(37)41(31)36)44-28-13-4-14-29-44/h1-29,43H,30H2/q+1. The highest BCUT2D eigenvalue weighted by molar-refractivity contribution is 7.20. The second-order valence-electron chi connectivity index (χ2n) is 12.2. The van der Waals surface area contributed by atoms with E-state index in [9.17, 15) is 0 Å². The first-order valence-electron chi connectivity index (χ1n) is 15.9. The molecule has 0 amide bonds. The first kappa shape index (κ1) is 26.1. The minimum atomic E-state index is -2.67. The molecule has 1 unspecified atom stereocenters. The summed E-state index contributed by atoms with van der Waals surface area (Å²) in [6.07, 6.45) is 5.39. The minimum Gasteiger partial charge on any atom is -0.194 e. The van der Waals surface area contributed by atoms with Gasteiger partial charge in [0.15, 0.2) is 20.5 Å². The Morgan fingerprint density at radius 1 is 0.467 bits per heavy atom. The second-order valence-corrected chi connectivity index (χ2v) is 16.0. The smallest absolute Gasteiger partial charge is 0.194 e. The summed E-state index contributed by atoms with van der Waals surface area (Å²) in [6, 6.07) is 61.4. The Bertz CT molecular complexity index is 2080. The highest BCUT2D eigenvalue weighted by atomic mass is 28.3. The number of rotatable bonds is 5. The van der Waals surface area contributed by atoms with Gasteiger partial charge in [0.05, 0.1) is 0 Å². The van der Waals surface area contributed by atoms with Crippen LogP contribution >= 0.6 is 0 Å². The summed E-state index contributed by atoms with van der Waals surface area (Å²) in [4.78, 5) is 0. The normalized spacial score (nSPS) is 14.4. The molecule has 2 heteroatoms. The average Bonchev–Trinajstić information content (AvgIpc) is 3.67. The summed E-state index contributed by atoms with van der Waals surface area (Å²) in [6.45, 7) is 0. The van der Waals surface area contributed by atoms with E-state index in [-0.39, 0.29) is 6.04 Å². The first-order valence-corrected chi connectivity index (χ1v) is 17.9. The lowest BCUT2D eigenvalue weighted by atomic mass is 9.93. The van der Waals surface area contributed by atoms with Gasteiger partial charge in [0.2, 0.25) is 6.04 Å². The summed E-state index contributed by atoms with van der Waals surface area (Å²) >= 11 is 0. The van der Waals surface area contributed by atoms with Crippen LogP contribution in [0.15, 0.2) is 176 Å². The van der Waals surface area contributed by atoms with E-state index in [1.165, 1.54) is 65.3 Å². The second kappa shape index (κ2) is 10.4. The molecule has 7 aromatic rings. The number of aromatic nitrogens is 1. The number of hydrogen-bond acceptors (Lipinski definition) is 0. The zero-order chi connectivity index (χ0) is 29.8. The van der Waals surface area contributed by atoms with E-state index >= 15 is 0 Å². The van der Waals surface area contributed by atoms with Gasteiger partial charge in [-0.05, 0) is 60.5 Å². The van der Waals surface area contributed by atoms with Crippen LogP contribution in [-0.2, 0) is 6.42 Å². The summed E-state index contributed by atoms with van der Waals surface area (Å²) < 4.78 is 2.39. The average molecular weight is 591 g/mol. The van der Waals surface area contributed by atoms with Gasteiger partial charge in [-0.3, -0.25) is 0 Å². The van der Waals surface area contributed by atoms with Crippen molar-refractivity contribution in [2.75, 3.05) is 0 Å². The monoisotopic (exact) mass is 590 g/mol. The van der Waals surface area contributed by atoms with Crippen LogP contribution in [0, 0.1) is 0 Å². The molecule has 0 aliphatic heterocycles. The van der Waals surface area contributed by atoms with Crippen LogP contribution in [0.25, 0.3) is 22.3 Å². The fourth-order valence-corrected chi connectivity index (χ4v) is 13.3. The van der Waals surface area contributed by atoms with Gasteiger partial charge in [-0.15, -0.1) is 0 Å². The molecule has 0 N–H and O–H groups in total. The van der Waals surface area contributed by atoms with Gasteiger partial charge in [0, 0.05) is 23.3 Å². The first-order chi connectivity index (χ1) is 22.4. The maximum absolute atomic E-state index is 2.67. The quantitative estimate of drug-likeness (QED) is 0.122. The Kier molecular flexibility index (Phi) is 6.04. The largest absolute Gasteiger partial charge is 0.210 e. The van der Waals surface area contributed by atoms with E-state index in [4.69, 9.17) is 0 Å². The molecule has 1 aromatic heterocycles. The molecule has 2 aliphatic carbocycles. The Hall–Kier alpha value is -5.31. The molecule has 0 bridgehead atoms. The molecule has 6 aromatic carbocycles. The molecule has 1 nitrogen and oxygen atoms in total. The van der Waals surface area contributed by atoms with Gasteiger partial charge in [0.1, 0.15) is 0 Å². The zero-order valence-corrected chi connectivity index (χ0v) is 26.0. The molecule has 2 aliphatic rings. The Morgan fingerprint density at radius 3 is 1.67 bits per heavy atom. The number of nitrogens with zero attached hydrogens (tertiary/aromatic N) is 1. The summed E-state index contributed by atoms with van der Waals surface area (Å²) in [5.74, 6) is 0. The predicted molar refractivity (Wildman–Crippen MR) is 188 cm³/mol. The third-order valence-corrected chi connectivity index (χ3v) is 14.9. The van der Waals surface area contributed by atoms with Crippen LogP contribution in [0.3, 0.4) is 0 Å². The van der Waals surface area contributed by atoms with Crippen molar-refractivity contribution < 1.29 is 4.57 Å². The number of fused-ring (bicyclic) bond motifs is 7. The third-order valence-electron chi connectivity index (χ3n) is 10.0. The molecule has 45 heavy (non-hydrogen) atoms. The third kappa shape index (κ3) is 3.82. The van der Waals surface area contributed by atoms with Gasteiger partial charge in [0.25, 0.3) is 0 Å². The topological polar surface area (TPSA) is 3.88 Å². The van der Waals surface area contributed by atoms with E-state index in [0.717, 1.165) is 6.42 Å². The van der Waals surface area contributed by atoms with Crippen molar-refractivity contribution in [1.29, 1.82) is 0 Å². The Morgan fingerprint density at radius 2 is 1.02 bits per heavy atom. The predicted octanol–water partition coefficient (Wildman–Crippen LogP) is 6.54. The van der Waals surface area contributed by atoms with E-state index in [1.807, 2.05) is 0 Å². The lowest BCUT2D eigenvalue weighted by Gasteiger charge is -2.36. The van der Waals surface area contributed by atoms with Gasteiger partial charge in [-0.25, -0.2) is 0 Å². The zero-order valence-electron chi connectivity index (χ0n) is 25.0. The van der Waals surface area contributed by atoms with Gasteiger partial charge in [-0.2, -0.15) is 4.57 Å². The van der Waals surface area contributed by atoms with Crippen molar-refractivity contribution in [3.05, 3.63) is 198 Å². The molecule has 0 spiro atoms. The lowest BCUT2D eigenvalue weighted by molar-refractivity contribution is -0.704. The molecule has 1 atom stereocenters. The Balaban J connectivity index is 1.35. The number of benzene rings is 6. The molecule has 0 saturated heterocycles. The van der Waals surface area contributed by atoms with Gasteiger partial charge in [-0.1, -0.05) is 152 Å². The van der Waals surface area contributed by atoms with Crippen molar-refractivity contribution in [1.82, 2.24) is 0 Å². The highest BCUT2D eigenvalue weighted by Crippen LogP contribution is 2.51. The minimum absolute atomic E-state index is 0.140. The molecule has 0 radical (unpaired) electrons. The fourth-order valence-electron chi connectivity index (χ4n) is 8.26. The van der Waals surface area contributed by atoms with E-state index < -0.39 is 8.07 Å². The van der Waals surface area contributed by atoms with Crippen molar-refractivity contribution in [2.24, 2.45) is 0 Å². The van der Waals surface area contributed by atoms with Gasteiger partial charge >= 0.3 is 0 Å². The molecule has 0 saturated carbocycles. The molecular formula is C43H32NSi+. The van der Waals surface area contributed by atoms with E-state index in [2.05, 4.69) is 181 Å². The summed E-state index contributed by atoms with van der Waals surface area (Å²) in [5, 5.41) is 5.75. The molecule has 212 valence electrons. The van der Waals surface area contributed by atoms with Crippen molar-refractivity contribution in [3.63, 3.8) is 0 Å². The van der Waals surface area contributed by atoms with Crippen molar-refractivity contribution in [2.45, 2.75) is 12.5 Å². The van der Waals surface area contributed by atoms with E-state index in [1.54, 1.807) is 0 Å². The van der Waals surface area contributed by atoms with Gasteiger partial charge < -0.3 is 0 Å². The van der Waals surface area contributed by atoms with Crippen LogP contribution in [0.1, 0.15) is 28.3 Å².